The van der Waals surface area contributed by atoms with E-state index in [0.29, 0.717) is 0 Å². The van der Waals surface area contributed by atoms with E-state index in [9.17, 15) is 193 Å². The lowest BCUT2D eigenvalue weighted by Crippen LogP contribution is -2.70. The molecule has 0 saturated carbocycles. The summed E-state index contributed by atoms with van der Waals surface area (Å²) in [5.74, 6) is -1.88. The van der Waals surface area contributed by atoms with Crippen molar-refractivity contribution < 1.29 is 302 Å². The molecule has 12 saturated heterocycles. The van der Waals surface area contributed by atoms with Gasteiger partial charge in [-0.05, 0) is 0 Å². The molecule has 12 heterocycles. The van der Waals surface area contributed by atoms with Crippen LogP contribution in [0.5, 0.6) is 0 Å². The Balaban J connectivity index is 0.928. The number of aliphatic hydroxyl groups is 36. The maximum atomic E-state index is 13.3. The molecule has 0 aliphatic carbocycles. The van der Waals surface area contributed by atoms with Crippen LogP contribution in [0, 0.1) is 0 Å². The van der Waals surface area contributed by atoms with Crippen molar-refractivity contribution >= 4 is 11.8 Å². The fourth-order valence-electron chi connectivity index (χ4n) is 17.8. The van der Waals surface area contributed by atoms with E-state index in [0.717, 1.165) is 13.8 Å². The van der Waals surface area contributed by atoms with Crippen LogP contribution in [0.15, 0.2) is 0 Å². The molecule has 12 fully saturated rings. The van der Waals surface area contributed by atoms with Crippen molar-refractivity contribution in [2.45, 2.75) is 382 Å². The standard InChI is InChI=1S/C76H128N2O61/c1-15(88)77-29-41(100)57(24(10-86)120-65(29)116)132-66-30(78-16(2)89)42(101)58(25(11-87)128-66)133-72-56(115)60(40(99)28(130-72)13-117-67-55(114)59(134-68-51(110)43(102)31(90)17(3-79)121-68)39(98)27(129-67)14-119-74-62(48(107)36(95)22(8-84)126-74)137-70-53(112)45(104)33(92)19(5-81)123-70)135-76-64(139-75-63(49(108)37(96)23(9-85)127-75)138-71-54(113)46(105)34(93)20(6-82)124-71)50(109)38(97)26(131-76)12-118-73-61(47(106)35(94)21(7-83)125-73)136-69-52(111)44(103)32(91)18(4-80)122-69/h17-76,79-87,90-116H,3-14H2,1-2H3,(H,77,88)(H,78,89)/t17-,18-,19-,20-,21-,22-,23-,24-,25-,26-,27-,28-,29-,30-,31-,32-,33-,34-,35-,36-,37-,38-,39-,40-,41-,42-,43+,44+,45+,46+,47+,48+,49+,50+,51+,52+,53+,54+,55+,56+,57-,58-,59+,60+,61+,62+,63+,64+,65-,66+,67+,68-,69-,70-,71-,72+,73+,74+,75-,76-/m1/s1. The fourth-order valence-corrected chi connectivity index (χ4v) is 17.8. The van der Waals surface area contributed by atoms with E-state index >= 15 is 0 Å². The third kappa shape index (κ3) is 24.7. The van der Waals surface area contributed by atoms with Crippen molar-refractivity contribution in [2.24, 2.45) is 0 Å². The minimum atomic E-state index is -2.82. The maximum absolute atomic E-state index is 13.3. The van der Waals surface area contributed by atoms with Gasteiger partial charge in [-0.1, -0.05) is 0 Å². The number of aliphatic hydroxyl groups excluding tert-OH is 36. The molecule has 0 aromatic carbocycles. The summed E-state index contributed by atoms with van der Waals surface area (Å²) in [7, 11) is 0. The zero-order valence-corrected chi connectivity index (χ0v) is 73.4. The van der Waals surface area contributed by atoms with Crippen LogP contribution in [0.2, 0.25) is 0 Å². The summed E-state index contributed by atoms with van der Waals surface area (Å²) in [4.78, 5) is 25.6. The molecule has 12 rings (SSSR count). The lowest BCUT2D eigenvalue weighted by atomic mass is 9.94. The van der Waals surface area contributed by atoms with E-state index < -0.39 is 459 Å². The van der Waals surface area contributed by atoms with E-state index in [1.807, 2.05) is 0 Å². The van der Waals surface area contributed by atoms with Crippen molar-refractivity contribution in [3.63, 3.8) is 0 Å². The first-order chi connectivity index (χ1) is 65.8. The quantitative estimate of drug-likeness (QED) is 0.0277. The highest BCUT2D eigenvalue weighted by molar-refractivity contribution is 5.73. The first-order valence-corrected chi connectivity index (χ1v) is 44.2. The Morgan fingerprint density at radius 1 is 0.187 bits per heavy atom. The molecular weight excluding hydrogens is 1920 g/mol. The van der Waals surface area contributed by atoms with Gasteiger partial charge < -0.3 is 303 Å². The predicted molar refractivity (Wildman–Crippen MR) is 418 cm³/mol. The van der Waals surface area contributed by atoms with Gasteiger partial charge in [0.25, 0.3) is 0 Å². The summed E-state index contributed by atoms with van der Waals surface area (Å²) in [5, 5.41) is 408. The molecular formula is C76H128N2O61. The van der Waals surface area contributed by atoms with Crippen LogP contribution in [-0.4, -0.2) is 643 Å². The molecule has 0 bridgehead atoms. The molecule has 0 aromatic rings. The van der Waals surface area contributed by atoms with Crippen LogP contribution in [0.25, 0.3) is 0 Å². The molecule has 0 unspecified atom stereocenters. The Morgan fingerprint density at radius 2 is 0.396 bits per heavy atom. The number of ether oxygens (including phenoxy) is 23. The lowest BCUT2D eigenvalue weighted by molar-refractivity contribution is -0.410. The van der Waals surface area contributed by atoms with Gasteiger partial charge in [-0.3, -0.25) is 9.59 Å². The third-order valence-corrected chi connectivity index (χ3v) is 25.9. The van der Waals surface area contributed by atoms with Crippen LogP contribution < -0.4 is 10.6 Å². The number of hydrogen-bond acceptors (Lipinski definition) is 61. The van der Waals surface area contributed by atoms with E-state index in [1.54, 1.807) is 0 Å². The second-order valence-electron chi connectivity index (χ2n) is 35.2. The molecule has 2 amide bonds. The number of carbonyl (C=O) groups is 2. The Morgan fingerprint density at radius 3 is 0.741 bits per heavy atom. The second kappa shape index (κ2) is 49.8. The molecule has 0 aromatic heterocycles. The zero-order chi connectivity index (χ0) is 102. The molecule has 60 atom stereocenters. The van der Waals surface area contributed by atoms with Crippen LogP contribution in [0.4, 0.5) is 0 Å². The Kier molecular flexibility index (Phi) is 41.0. The van der Waals surface area contributed by atoms with Gasteiger partial charge in [-0.25, -0.2) is 0 Å². The SMILES string of the molecule is CC(=O)N[C@@H]1[C@@H](O)[C@H](O[C@@H]2O[C@H](CO)[C@@H](O[C@@H]3O[C@H](CO[C@H]4O[C@H](CO[C@H]5O[C@H](CO)[C@@H](O)[C@H](O)[C@@H]5O[C@H]5O[C@H](CO)[C@@H](O)[C@H](O)[C@@H]5O)[C@@H](O)[C@H](O[C@H]5O[C@H](CO)[C@@H](O)[C@H](O)[C@@H]5O)[C@@H]4O)[C@@H](O)[C@H](O[C@H]4O[C@H](CO[C@H]5O[C@H](CO)[C@@H](O)[C@H](O)[C@@H]5O[C@H]5O[C@H](CO)[C@@H](O)[C@H](O)[C@@H]5O)[C@@H](O)[C@H](O)[C@@H]4O[C@H]4O[C@H](CO)[C@@H](O)[C@H](O)[C@@H]4O[C@H]4O[C@H](CO)[C@@H](O)[C@H](O)[C@@H]4O)[C@@H]3O)[C@H](O)[C@H]2NC(C)=O)[C@@H](CO)O[C@H]1O. The molecule has 12 aliphatic rings. The highest BCUT2D eigenvalue weighted by Gasteiger charge is 2.63. The molecule has 0 radical (unpaired) electrons. The molecule has 63 nitrogen and oxygen atoms in total. The van der Waals surface area contributed by atoms with Gasteiger partial charge in [-0.15, -0.1) is 0 Å². The van der Waals surface area contributed by atoms with E-state index in [4.69, 9.17) is 109 Å². The van der Waals surface area contributed by atoms with E-state index in [2.05, 4.69) is 10.6 Å². The number of amides is 2. The summed E-state index contributed by atoms with van der Waals surface area (Å²) < 4.78 is 136. The van der Waals surface area contributed by atoms with Crippen LogP contribution in [0.3, 0.4) is 0 Å². The third-order valence-electron chi connectivity index (χ3n) is 25.9. The summed E-state index contributed by atoms with van der Waals surface area (Å²) in [6.45, 7) is -12.3. The van der Waals surface area contributed by atoms with Crippen LogP contribution >= 0.6 is 0 Å². The summed E-state index contributed by atoms with van der Waals surface area (Å²) >= 11 is 0. The molecule has 12 aliphatic heterocycles. The normalized spacial score (nSPS) is 51.9. The predicted octanol–water partition coefficient (Wildman–Crippen LogP) is -26.9. The van der Waals surface area contributed by atoms with Crippen molar-refractivity contribution in [1.29, 1.82) is 0 Å². The molecule has 38 N–H and O–H groups in total. The van der Waals surface area contributed by atoms with Crippen molar-refractivity contribution in [2.75, 3.05) is 79.3 Å². The van der Waals surface area contributed by atoms with Crippen molar-refractivity contribution in [3.8, 4) is 0 Å². The second-order valence-corrected chi connectivity index (χ2v) is 35.2. The minimum Gasteiger partial charge on any atom is -0.394 e. The number of carbonyl (C=O) groups excluding carboxylic acids is 2. The maximum Gasteiger partial charge on any atom is 0.217 e. The Hall–Kier alpha value is -3.42. The number of hydrogen-bond donors (Lipinski definition) is 38. The summed E-state index contributed by atoms with van der Waals surface area (Å²) in [6.07, 6.45) is -130. The highest BCUT2D eigenvalue weighted by Crippen LogP contribution is 2.42. The smallest absolute Gasteiger partial charge is 0.217 e. The molecule has 139 heavy (non-hydrogen) atoms. The largest absolute Gasteiger partial charge is 0.394 e. The van der Waals surface area contributed by atoms with Gasteiger partial charge in [0.05, 0.1) is 79.3 Å². The number of nitrogens with one attached hydrogen (secondary N) is 2. The first-order valence-electron chi connectivity index (χ1n) is 44.2. The monoisotopic (exact) mass is 2040 g/mol. The summed E-state index contributed by atoms with van der Waals surface area (Å²) in [6, 6.07) is -3.80. The zero-order valence-electron chi connectivity index (χ0n) is 73.4. The van der Waals surface area contributed by atoms with Gasteiger partial charge in [0.1, 0.15) is 293 Å². The first kappa shape index (κ1) is 114. The number of rotatable bonds is 36. The van der Waals surface area contributed by atoms with Gasteiger partial charge in [0.15, 0.2) is 75.5 Å². The molecule has 0 spiro atoms. The topological polar surface area (TPSA) is 999 Å². The average Bonchev–Trinajstić information content (AvgIpc) is 0.754. The fraction of sp³-hybridized carbons (Fsp3) is 0.974. The van der Waals surface area contributed by atoms with Gasteiger partial charge >= 0.3 is 0 Å². The Bertz CT molecular complexity index is 3720. The van der Waals surface area contributed by atoms with E-state index in [-0.39, 0.29) is 0 Å². The Labute approximate surface area is 784 Å². The average molecular weight is 2050 g/mol. The summed E-state index contributed by atoms with van der Waals surface area (Å²) in [5.41, 5.74) is 0. The van der Waals surface area contributed by atoms with Crippen molar-refractivity contribution in [1.82, 2.24) is 10.6 Å². The highest BCUT2D eigenvalue weighted by atomic mass is 16.8. The van der Waals surface area contributed by atoms with Gasteiger partial charge in [0.2, 0.25) is 11.8 Å². The molecule has 808 valence electrons. The minimum absolute atomic E-state index is 0.848. The van der Waals surface area contributed by atoms with E-state index in [1.165, 1.54) is 0 Å². The van der Waals surface area contributed by atoms with Gasteiger partial charge in [0, 0.05) is 13.8 Å². The van der Waals surface area contributed by atoms with Gasteiger partial charge in [-0.2, -0.15) is 0 Å². The lowest BCUT2D eigenvalue weighted by Gasteiger charge is -2.51. The van der Waals surface area contributed by atoms with Crippen molar-refractivity contribution in [3.05, 3.63) is 0 Å². The van der Waals surface area contributed by atoms with Crippen LogP contribution in [0.1, 0.15) is 13.8 Å². The molecule has 63 heteroatoms. The van der Waals surface area contributed by atoms with Crippen LogP contribution in [-0.2, 0) is 119 Å².